The van der Waals surface area contributed by atoms with E-state index in [1.54, 1.807) is 18.2 Å². The predicted molar refractivity (Wildman–Crippen MR) is 154 cm³/mol. The molecular weight excluding hydrogens is 462 g/mol. The van der Waals surface area contributed by atoms with Crippen molar-refractivity contribution in [3.8, 4) is 5.75 Å². The lowest BCUT2D eigenvalue weighted by Gasteiger charge is -2.14. The van der Waals surface area contributed by atoms with Gasteiger partial charge in [-0.25, -0.2) is 0 Å². The Morgan fingerprint density at radius 1 is 0.865 bits per heavy atom. The first kappa shape index (κ1) is 31.8. The minimum Gasteiger partial charge on any atom is -0.507 e. The van der Waals surface area contributed by atoms with Crippen molar-refractivity contribution in [1.29, 1.82) is 0 Å². The molecule has 0 aromatic heterocycles. The number of phenols is 1. The lowest BCUT2D eigenvalue weighted by atomic mass is 10.1. The Labute approximate surface area is 223 Å². The van der Waals surface area contributed by atoms with Crippen molar-refractivity contribution in [3.05, 3.63) is 90.6 Å². The third kappa shape index (κ3) is 16.2. The van der Waals surface area contributed by atoms with Crippen LogP contribution in [0.1, 0.15) is 82.0 Å². The largest absolute Gasteiger partial charge is 0.507 e. The second-order valence-electron chi connectivity index (χ2n) is 8.61. The molecule has 0 fully saturated rings. The van der Waals surface area contributed by atoms with E-state index in [2.05, 4.69) is 73.0 Å². The van der Waals surface area contributed by atoms with Crippen molar-refractivity contribution < 1.29 is 19.4 Å². The maximum atomic E-state index is 12.4. The van der Waals surface area contributed by atoms with Crippen LogP contribution in [-0.2, 0) is 9.53 Å². The summed E-state index contributed by atoms with van der Waals surface area (Å²) in [7, 11) is 0. The maximum absolute atomic E-state index is 12.4. The van der Waals surface area contributed by atoms with E-state index in [0.717, 1.165) is 38.5 Å². The fourth-order valence-corrected chi connectivity index (χ4v) is 3.47. The number of allylic oxidation sites excluding steroid dienone is 9. The highest BCUT2D eigenvalue weighted by molar-refractivity contribution is 5.96. The number of rotatable bonds is 20. The highest BCUT2D eigenvalue weighted by Gasteiger charge is 2.16. The average Bonchev–Trinajstić information content (AvgIpc) is 2.90. The zero-order chi connectivity index (χ0) is 27.0. The molecule has 1 amide bonds. The van der Waals surface area contributed by atoms with Crippen LogP contribution in [0.25, 0.3) is 0 Å². The number of carbonyl (C=O) groups excluding carboxylic acids is 2. The number of ketones is 1. The van der Waals surface area contributed by atoms with E-state index in [-0.39, 0.29) is 23.0 Å². The van der Waals surface area contributed by atoms with Gasteiger partial charge in [-0.3, -0.25) is 9.59 Å². The lowest BCUT2D eigenvalue weighted by Crippen LogP contribution is -2.27. The molecule has 37 heavy (non-hydrogen) atoms. The first-order valence-corrected chi connectivity index (χ1v) is 13.6. The van der Waals surface area contributed by atoms with Gasteiger partial charge in [0, 0.05) is 13.0 Å². The number of ether oxygens (including phenoxy) is 1. The third-order valence-corrected chi connectivity index (χ3v) is 5.53. The fraction of sp³-hybridized carbons (Fsp3) is 0.438. The van der Waals surface area contributed by atoms with E-state index >= 15 is 0 Å². The van der Waals surface area contributed by atoms with Crippen LogP contribution < -0.4 is 5.32 Å². The SMILES string of the molecule is CC/C=C\C/C=C\C/C=C\C/C=C\C/C=C\CCOC(CC)C(=O)CCCNC(=O)c1ccccc1O. The average molecular weight is 508 g/mol. The van der Waals surface area contributed by atoms with Crippen molar-refractivity contribution >= 4 is 11.7 Å². The molecule has 0 heterocycles. The van der Waals surface area contributed by atoms with Crippen LogP contribution in [0.15, 0.2) is 85.0 Å². The van der Waals surface area contributed by atoms with Gasteiger partial charge in [0.05, 0.1) is 12.2 Å². The lowest BCUT2D eigenvalue weighted by molar-refractivity contribution is -0.130. The second-order valence-corrected chi connectivity index (χ2v) is 8.61. The van der Waals surface area contributed by atoms with Gasteiger partial charge in [-0.15, -0.1) is 0 Å². The standard InChI is InChI=1S/C32H45NO4/c1-3-5-6-7-8-9-10-11-12-13-14-15-16-17-18-21-27-37-31(4-2)30(35)25-22-26-33-32(36)28-23-19-20-24-29(28)34/h5-6,8-9,11-12,14-15,17-20,23-24,31,34H,3-4,7,10,13,16,21-22,25-27H2,1-2H3,(H,33,36)/b6-5-,9-8-,12-11-,15-14-,18-17-. The zero-order valence-corrected chi connectivity index (χ0v) is 22.6. The van der Waals surface area contributed by atoms with Gasteiger partial charge >= 0.3 is 0 Å². The van der Waals surface area contributed by atoms with Crippen molar-refractivity contribution in [1.82, 2.24) is 5.32 Å². The molecule has 0 aliphatic heterocycles. The van der Waals surface area contributed by atoms with E-state index in [1.165, 1.54) is 6.07 Å². The van der Waals surface area contributed by atoms with E-state index in [9.17, 15) is 14.7 Å². The number of Topliss-reactive ketones (excluding diaryl/α,β-unsaturated/α-hetero) is 1. The van der Waals surface area contributed by atoms with Gasteiger partial charge in [0.1, 0.15) is 11.9 Å². The molecule has 1 aromatic carbocycles. The molecule has 1 rings (SSSR count). The Morgan fingerprint density at radius 3 is 2.00 bits per heavy atom. The Hall–Kier alpha value is -3.18. The highest BCUT2D eigenvalue weighted by atomic mass is 16.5. The summed E-state index contributed by atoms with van der Waals surface area (Å²) in [4.78, 5) is 24.5. The van der Waals surface area contributed by atoms with Crippen molar-refractivity contribution in [2.24, 2.45) is 0 Å². The molecule has 0 aliphatic carbocycles. The van der Waals surface area contributed by atoms with Gasteiger partial charge in [-0.2, -0.15) is 0 Å². The van der Waals surface area contributed by atoms with Gasteiger partial charge in [-0.05, 0) is 63.5 Å². The Bertz CT molecular complexity index is 911. The Balaban J connectivity index is 2.10. The second kappa shape index (κ2) is 22.1. The molecule has 0 aliphatic rings. The van der Waals surface area contributed by atoms with E-state index < -0.39 is 6.10 Å². The van der Waals surface area contributed by atoms with Crippen LogP contribution >= 0.6 is 0 Å². The molecule has 2 N–H and O–H groups in total. The van der Waals surface area contributed by atoms with E-state index in [1.807, 2.05) is 6.92 Å². The normalized spacial score (nSPS) is 13.0. The number of aromatic hydroxyl groups is 1. The summed E-state index contributed by atoms with van der Waals surface area (Å²) in [5.74, 6) is -0.336. The van der Waals surface area contributed by atoms with Gasteiger partial charge in [-0.1, -0.05) is 86.7 Å². The van der Waals surface area contributed by atoms with Crippen LogP contribution in [0.4, 0.5) is 0 Å². The molecule has 0 saturated heterocycles. The zero-order valence-electron chi connectivity index (χ0n) is 22.6. The summed E-state index contributed by atoms with van der Waals surface area (Å²) < 4.78 is 5.78. The Morgan fingerprint density at radius 2 is 1.43 bits per heavy atom. The van der Waals surface area contributed by atoms with E-state index in [0.29, 0.717) is 32.4 Å². The minimum atomic E-state index is -0.406. The number of carbonyl (C=O) groups is 2. The molecule has 0 spiro atoms. The van der Waals surface area contributed by atoms with Crippen molar-refractivity contribution in [2.75, 3.05) is 13.2 Å². The van der Waals surface area contributed by atoms with Gasteiger partial charge in [0.25, 0.3) is 5.91 Å². The molecule has 5 nitrogen and oxygen atoms in total. The molecule has 1 atom stereocenters. The predicted octanol–water partition coefficient (Wildman–Crippen LogP) is 7.41. The third-order valence-electron chi connectivity index (χ3n) is 5.53. The quantitative estimate of drug-likeness (QED) is 0.142. The monoisotopic (exact) mass is 507 g/mol. The van der Waals surface area contributed by atoms with E-state index in [4.69, 9.17) is 4.74 Å². The summed E-state index contributed by atoms with van der Waals surface area (Å²) in [6, 6.07) is 6.40. The molecule has 0 radical (unpaired) electrons. The van der Waals surface area contributed by atoms with Gasteiger partial charge in [0.15, 0.2) is 5.78 Å². The first-order chi connectivity index (χ1) is 18.1. The van der Waals surface area contributed by atoms with Crippen LogP contribution in [0.2, 0.25) is 0 Å². The molecule has 1 unspecified atom stereocenters. The number of para-hydroxylation sites is 1. The number of benzene rings is 1. The maximum Gasteiger partial charge on any atom is 0.255 e. The van der Waals surface area contributed by atoms with Gasteiger partial charge in [0.2, 0.25) is 0 Å². The van der Waals surface area contributed by atoms with Crippen LogP contribution in [0.3, 0.4) is 0 Å². The molecule has 0 saturated carbocycles. The van der Waals surface area contributed by atoms with Crippen LogP contribution in [0, 0.1) is 0 Å². The molecule has 5 heteroatoms. The smallest absolute Gasteiger partial charge is 0.255 e. The molecule has 202 valence electrons. The summed E-state index contributed by atoms with van der Waals surface area (Å²) >= 11 is 0. The summed E-state index contributed by atoms with van der Waals surface area (Å²) in [5, 5.41) is 12.5. The number of hydrogen-bond donors (Lipinski definition) is 2. The van der Waals surface area contributed by atoms with Gasteiger partial charge < -0.3 is 15.2 Å². The first-order valence-electron chi connectivity index (χ1n) is 13.6. The summed E-state index contributed by atoms with van der Waals surface area (Å²) in [6.45, 7) is 4.97. The highest BCUT2D eigenvalue weighted by Crippen LogP contribution is 2.15. The minimum absolute atomic E-state index is 0.0527. The van der Waals surface area contributed by atoms with Crippen molar-refractivity contribution in [2.45, 2.75) is 77.7 Å². The van der Waals surface area contributed by atoms with Crippen molar-refractivity contribution in [3.63, 3.8) is 0 Å². The summed E-state index contributed by atoms with van der Waals surface area (Å²) in [5.41, 5.74) is 0.235. The fourth-order valence-electron chi connectivity index (χ4n) is 3.47. The van der Waals surface area contributed by atoms with Crippen LogP contribution in [-0.4, -0.2) is 36.1 Å². The Kier molecular flexibility index (Phi) is 19.0. The number of hydrogen-bond acceptors (Lipinski definition) is 4. The topological polar surface area (TPSA) is 75.6 Å². The number of nitrogens with one attached hydrogen (secondary N) is 1. The molecule has 0 bridgehead atoms. The summed E-state index contributed by atoms with van der Waals surface area (Å²) in [6.07, 6.45) is 28.5. The van der Waals surface area contributed by atoms with Crippen LogP contribution in [0.5, 0.6) is 5.75 Å². The molecule has 1 aromatic rings. The molecular formula is C32H45NO4. The number of amides is 1. The number of phenolic OH excluding ortho intramolecular Hbond substituents is 1.